The van der Waals surface area contributed by atoms with Gasteiger partial charge in [0.15, 0.2) is 5.71 Å². The Kier molecular flexibility index (Phi) is 2.55. The smallest absolute Gasteiger partial charge is 0.358 e. The summed E-state index contributed by atoms with van der Waals surface area (Å²) in [7, 11) is 0. The lowest BCUT2D eigenvalue weighted by Gasteiger charge is -2.04. The molecule has 0 aliphatic carbocycles. The molecule has 0 fully saturated rings. The van der Waals surface area contributed by atoms with Crippen LogP contribution in [0.2, 0.25) is 0 Å². The molecule has 0 atom stereocenters. The van der Waals surface area contributed by atoms with E-state index < -0.39 is 5.97 Å². The van der Waals surface area contributed by atoms with Crippen LogP contribution in [0.3, 0.4) is 0 Å². The molecule has 80 valence electrons. The van der Waals surface area contributed by atoms with Gasteiger partial charge in [-0.25, -0.2) is 4.79 Å². The molecule has 2 rings (SSSR count). The van der Waals surface area contributed by atoms with E-state index in [2.05, 4.69) is 5.16 Å². The van der Waals surface area contributed by atoms with Crippen molar-refractivity contribution in [1.29, 1.82) is 0 Å². The highest BCUT2D eigenvalue weighted by Crippen LogP contribution is 2.19. The van der Waals surface area contributed by atoms with Crippen molar-refractivity contribution in [3.63, 3.8) is 0 Å². The van der Waals surface area contributed by atoms with E-state index in [1.165, 1.54) is 0 Å². The van der Waals surface area contributed by atoms with Gasteiger partial charge in [-0.05, 0) is 10.8 Å². The Bertz CT molecular complexity index is 570. The van der Waals surface area contributed by atoms with E-state index >= 15 is 0 Å². The van der Waals surface area contributed by atoms with Crippen LogP contribution in [0.5, 0.6) is 0 Å². The molecular weight excluding hydrogens is 206 g/mol. The Balaban J connectivity index is 2.74. The first-order valence-electron chi connectivity index (χ1n) is 4.67. The standard InChI is InChI=1S/C12H9NO3/c14-12(15)11(13-16)10-7-3-5-8-4-1-2-6-9(8)10/h1-7,16H,(H,14,15)/b13-11+. The van der Waals surface area contributed by atoms with E-state index in [0.717, 1.165) is 10.8 Å². The van der Waals surface area contributed by atoms with Crippen molar-refractivity contribution in [2.75, 3.05) is 0 Å². The van der Waals surface area contributed by atoms with Gasteiger partial charge in [0, 0.05) is 5.56 Å². The van der Waals surface area contributed by atoms with Gasteiger partial charge < -0.3 is 10.3 Å². The van der Waals surface area contributed by atoms with Crippen molar-refractivity contribution in [1.82, 2.24) is 0 Å². The Morgan fingerprint density at radius 2 is 1.75 bits per heavy atom. The maximum absolute atomic E-state index is 10.9. The molecule has 4 heteroatoms. The zero-order valence-corrected chi connectivity index (χ0v) is 8.29. The van der Waals surface area contributed by atoms with E-state index in [-0.39, 0.29) is 5.71 Å². The lowest BCUT2D eigenvalue weighted by molar-refractivity contribution is -0.129. The fourth-order valence-electron chi connectivity index (χ4n) is 1.64. The summed E-state index contributed by atoms with van der Waals surface area (Å²) in [5.74, 6) is -1.25. The molecule has 16 heavy (non-hydrogen) atoms. The monoisotopic (exact) mass is 215 g/mol. The number of carboxylic acids is 1. The summed E-state index contributed by atoms with van der Waals surface area (Å²) in [6.45, 7) is 0. The second-order valence-electron chi connectivity index (χ2n) is 3.28. The lowest BCUT2D eigenvalue weighted by atomic mass is 10.0. The molecule has 2 aromatic carbocycles. The number of aliphatic carboxylic acids is 1. The van der Waals surface area contributed by atoms with E-state index in [9.17, 15) is 4.79 Å². The minimum Gasteiger partial charge on any atom is -0.476 e. The first-order chi connectivity index (χ1) is 7.74. The van der Waals surface area contributed by atoms with Crippen LogP contribution in [-0.4, -0.2) is 22.0 Å². The van der Waals surface area contributed by atoms with Gasteiger partial charge in [0.1, 0.15) is 0 Å². The number of benzene rings is 2. The van der Waals surface area contributed by atoms with Crippen molar-refractivity contribution >= 4 is 22.5 Å². The second kappa shape index (κ2) is 4.02. The maximum Gasteiger partial charge on any atom is 0.358 e. The minimum atomic E-state index is -1.25. The van der Waals surface area contributed by atoms with E-state index in [0.29, 0.717) is 5.56 Å². The average Bonchev–Trinajstić information content (AvgIpc) is 2.30. The first kappa shape index (κ1) is 10.2. The second-order valence-corrected chi connectivity index (χ2v) is 3.28. The van der Waals surface area contributed by atoms with Crippen LogP contribution in [0.15, 0.2) is 47.6 Å². The Morgan fingerprint density at radius 3 is 2.44 bits per heavy atom. The topological polar surface area (TPSA) is 69.9 Å². The molecule has 0 aliphatic heterocycles. The number of carbonyl (C=O) groups is 1. The van der Waals surface area contributed by atoms with Gasteiger partial charge in [-0.3, -0.25) is 0 Å². The zero-order valence-electron chi connectivity index (χ0n) is 8.29. The summed E-state index contributed by atoms with van der Waals surface area (Å²) in [4.78, 5) is 10.9. The summed E-state index contributed by atoms with van der Waals surface area (Å²) in [6.07, 6.45) is 0. The normalized spacial score (nSPS) is 11.6. The first-order valence-corrected chi connectivity index (χ1v) is 4.67. The SMILES string of the molecule is O=C(O)/C(=N/O)c1cccc2ccccc12. The van der Waals surface area contributed by atoms with Crippen molar-refractivity contribution in [3.05, 3.63) is 48.0 Å². The summed E-state index contributed by atoms with van der Waals surface area (Å²) in [5, 5.41) is 22.1. The number of hydrogen-bond acceptors (Lipinski definition) is 3. The van der Waals surface area contributed by atoms with Gasteiger partial charge in [0.2, 0.25) is 0 Å². The minimum absolute atomic E-state index is 0.350. The molecule has 0 amide bonds. The number of carboxylic acid groups (broad SMARTS) is 1. The molecule has 4 nitrogen and oxygen atoms in total. The number of hydrogen-bond donors (Lipinski definition) is 2. The van der Waals surface area contributed by atoms with Crippen LogP contribution in [0, 0.1) is 0 Å². The van der Waals surface area contributed by atoms with E-state index in [1.807, 2.05) is 24.3 Å². The van der Waals surface area contributed by atoms with Gasteiger partial charge in [-0.2, -0.15) is 0 Å². The van der Waals surface area contributed by atoms with Crippen LogP contribution in [0.1, 0.15) is 5.56 Å². The summed E-state index contributed by atoms with van der Waals surface area (Å²) >= 11 is 0. The Labute approximate surface area is 91.4 Å². The third-order valence-electron chi connectivity index (χ3n) is 2.35. The Morgan fingerprint density at radius 1 is 1.06 bits per heavy atom. The van der Waals surface area contributed by atoms with Crippen LogP contribution in [-0.2, 0) is 4.79 Å². The van der Waals surface area contributed by atoms with Crippen molar-refractivity contribution in [2.24, 2.45) is 5.16 Å². The molecule has 0 unspecified atom stereocenters. The van der Waals surface area contributed by atoms with Crippen molar-refractivity contribution in [3.8, 4) is 0 Å². The van der Waals surface area contributed by atoms with Gasteiger partial charge in [0.25, 0.3) is 0 Å². The molecule has 0 spiro atoms. The molecule has 0 radical (unpaired) electrons. The Hall–Kier alpha value is -2.36. The molecule has 0 saturated heterocycles. The fourth-order valence-corrected chi connectivity index (χ4v) is 1.64. The van der Waals surface area contributed by atoms with Crippen molar-refractivity contribution < 1.29 is 15.1 Å². The van der Waals surface area contributed by atoms with E-state index in [4.69, 9.17) is 10.3 Å². The summed E-state index contributed by atoms with van der Waals surface area (Å²) in [5.41, 5.74) is 0.0601. The van der Waals surface area contributed by atoms with Gasteiger partial charge in [0.05, 0.1) is 0 Å². The van der Waals surface area contributed by atoms with E-state index in [1.54, 1.807) is 18.2 Å². The molecule has 0 aliphatic rings. The highest BCUT2D eigenvalue weighted by atomic mass is 16.4. The highest BCUT2D eigenvalue weighted by Gasteiger charge is 2.15. The largest absolute Gasteiger partial charge is 0.476 e. The van der Waals surface area contributed by atoms with Crippen LogP contribution in [0.25, 0.3) is 10.8 Å². The lowest BCUT2D eigenvalue weighted by Crippen LogP contribution is -2.14. The number of rotatable bonds is 2. The third kappa shape index (κ3) is 1.61. The molecule has 0 bridgehead atoms. The maximum atomic E-state index is 10.9. The predicted molar refractivity (Wildman–Crippen MR) is 59.9 cm³/mol. The quantitative estimate of drug-likeness (QED) is 0.458. The molecule has 0 heterocycles. The molecule has 2 N–H and O–H groups in total. The average molecular weight is 215 g/mol. The summed E-state index contributed by atoms with van der Waals surface area (Å²) < 4.78 is 0. The van der Waals surface area contributed by atoms with Crippen molar-refractivity contribution in [2.45, 2.75) is 0 Å². The zero-order chi connectivity index (χ0) is 11.5. The predicted octanol–water partition coefficient (Wildman–Crippen LogP) is 2.10. The van der Waals surface area contributed by atoms with Gasteiger partial charge in [-0.15, -0.1) is 0 Å². The number of nitrogens with zero attached hydrogens (tertiary/aromatic N) is 1. The molecular formula is C12H9NO3. The molecule has 0 aromatic heterocycles. The number of oxime groups is 1. The third-order valence-corrected chi connectivity index (χ3v) is 2.35. The van der Waals surface area contributed by atoms with Gasteiger partial charge >= 0.3 is 5.97 Å². The molecule has 0 saturated carbocycles. The number of fused-ring (bicyclic) bond motifs is 1. The highest BCUT2D eigenvalue weighted by molar-refractivity contribution is 6.44. The van der Waals surface area contributed by atoms with Crippen LogP contribution in [0.4, 0.5) is 0 Å². The fraction of sp³-hybridized carbons (Fsp3) is 0. The van der Waals surface area contributed by atoms with Crippen LogP contribution < -0.4 is 0 Å². The van der Waals surface area contributed by atoms with Crippen LogP contribution >= 0.6 is 0 Å². The van der Waals surface area contributed by atoms with Gasteiger partial charge in [-0.1, -0.05) is 47.6 Å². The summed E-state index contributed by atoms with van der Waals surface area (Å²) in [6, 6.07) is 12.5. The molecule has 2 aromatic rings.